The van der Waals surface area contributed by atoms with Crippen molar-refractivity contribution >= 4 is 28.8 Å². The van der Waals surface area contributed by atoms with Crippen molar-refractivity contribution in [2.24, 2.45) is 5.73 Å². The normalized spacial score (nSPS) is 10.1. The summed E-state index contributed by atoms with van der Waals surface area (Å²) in [5.41, 5.74) is 8.46. The Morgan fingerprint density at radius 1 is 1.29 bits per heavy atom. The quantitative estimate of drug-likeness (QED) is 0.758. The number of para-hydroxylation sites is 1. The molecule has 0 atom stereocenters. The number of hydrogen-bond donors (Lipinski definition) is 3. The Labute approximate surface area is 128 Å². The SMILES string of the molecule is Cc1ccc(C(N)=S)cc1NC(=O)Cc1ccccc1O. The molecule has 0 aliphatic rings. The number of aromatic hydroxyl groups is 1. The highest BCUT2D eigenvalue weighted by Crippen LogP contribution is 2.19. The van der Waals surface area contributed by atoms with Crippen molar-refractivity contribution in [2.45, 2.75) is 13.3 Å². The number of phenolic OH excluding ortho intramolecular Hbond substituents is 1. The van der Waals surface area contributed by atoms with E-state index >= 15 is 0 Å². The average molecular weight is 300 g/mol. The molecule has 0 saturated carbocycles. The molecular formula is C16H16N2O2S. The minimum Gasteiger partial charge on any atom is -0.508 e. The minimum atomic E-state index is -0.209. The summed E-state index contributed by atoms with van der Waals surface area (Å²) < 4.78 is 0. The van der Waals surface area contributed by atoms with E-state index in [0.717, 1.165) is 5.56 Å². The maximum Gasteiger partial charge on any atom is 0.228 e. The summed E-state index contributed by atoms with van der Waals surface area (Å²) in [4.78, 5) is 12.4. The molecule has 2 rings (SSSR count). The van der Waals surface area contributed by atoms with E-state index in [9.17, 15) is 9.90 Å². The number of amides is 1. The van der Waals surface area contributed by atoms with Crippen LogP contribution in [0.15, 0.2) is 42.5 Å². The summed E-state index contributed by atoms with van der Waals surface area (Å²) in [7, 11) is 0. The zero-order chi connectivity index (χ0) is 15.4. The summed E-state index contributed by atoms with van der Waals surface area (Å²) in [6, 6.07) is 12.2. The Kier molecular flexibility index (Phi) is 4.55. The van der Waals surface area contributed by atoms with Crippen LogP contribution in [0.5, 0.6) is 5.75 Å². The second kappa shape index (κ2) is 6.37. The van der Waals surface area contributed by atoms with Gasteiger partial charge in [0.1, 0.15) is 10.7 Å². The Hall–Kier alpha value is -2.40. The van der Waals surface area contributed by atoms with Gasteiger partial charge in [0.15, 0.2) is 0 Å². The van der Waals surface area contributed by atoms with Gasteiger partial charge in [-0.3, -0.25) is 4.79 Å². The second-order valence-electron chi connectivity index (χ2n) is 4.75. The van der Waals surface area contributed by atoms with E-state index in [2.05, 4.69) is 5.32 Å². The van der Waals surface area contributed by atoms with Crippen molar-refractivity contribution in [1.29, 1.82) is 0 Å². The third-order valence-corrected chi connectivity index (χ3v) is 3.37. The van der Waals surface area contributed by atoms with Crippen LogP contribution in [0, 0.1) is 6.92 Å². The summed E-state index contributed by atoms with van der Waals surface area (Å²) in [5.74, 6) is -0.0963. The molecule has 2 aromatic rings. The fraction of sp³-hybridized carbons (Fsp3) is 0.125. The van der Waals surface area contributed by atoms with E-state index in [1.54, 1.807) is 30.3 Å². The summed E-state index contributed by atoms with van der Waals surface area (Å²) >= 11 is 4.93. The topological polar surface area (TPSA) is 75.3 Å². The number of rotatable bonds is 4. The molecule has 0 fully saturated rings. The van der Waals surface area contributed by atoms with E-state index in [4.69, 9.17) is 18.0 Å². The third kappa shape index (κ3) is 3.79. The van der Waals surface area contributed by atoms with Crippen LogP contribution < -0.4 is 11.1 Å². The summed E-state index contributed by atoms with van der Waals surface area (Å²) in [5, 5.41) is 12.5. The lowest BCUT2D eigenvalue weighted by Crippen LogP contribution is -2.16. The van der Waals surface area contributed by atoms with Gasteiger partial charge in [-0.1, -0.05) is 42.5 Å². The van der Waals surface area contributed by atoms with Gasteiger partial charge in [0, 0.05) is 16.8 Å². The molecule has 0 radical (unpaired) electrons. The molecule has 0 aromatic heterocycles. The van der Waals surface area contributed by atoms with Crippen LogP contribution in [0.25, 0.3) is 0 Å². The zero-order valence-electron chi connectivity index (χ0n) is 11.6. The van der Waals surface area contributed by atoms with Gasteiger partial charge in [-0.15, -0.1) is 0 Å². The minimum absolute atomic E-state index is 0.101. The number of aryl methyl sites for hydroxylation is 1. The first-order valence-electron chi connectivity index (χ1n) is 6.44. The number of hydrogen-bond acceptors (Lipinski definition) is 3. The molecule has 0 heterocycles. The number of nitrogens with one attached hydrogen (secondary N) is 1. The van der Waals surface area contributed by atoms with Gasteiger partial charge in [-0.2, -0.15) is 0 Å². The van der Waals surface area contributed by atoms with Crippen LogP contribution in [-0.4, -0.2) is 16.0 Å². The Morgan fingerprint density at radius 3 is 2.67 bits per heavy atom. The molecule has 0 aliphatic heterocycles. The van der Waals surface area contributed by atoms with Gasteiger partial charge < -0.3 is 16.2 Å². The second-order valence-corrected chi connectivity index (χ2v) is 5.19. The molecule has 21 heavy (non-hydrogen) atoms. The predicted molar refractivity (Wildman–Crippen MR) is 87.5 cm³/mol. The number of thiocarbonyl (C=S) groups is 1. The van der Waals surface area contributed by atoms with Crippen LogP contribution in [0.1, 0.15) is 16.7 Å². The Bertz CT molecular complexity index is 698. The Morgan fingerprint density at radius 2 is 2.00 bits per heavy atom. The molecule has 0 aliphatic carbocycles. The molecule has 0 bridgehead atoms. The molecule has 108 valence electrons. The zero-order valence-corrected chi connectivity index (χ0v) is 12.4. The molecule has 4 N–H and O–H groups in total. The average Bonchev–Trinajstić information content (AvgIpc) is 2.43. The van der Waals surface area contributed by atoms with Crippen LogP contribution in [0.3, 0.4) is 0 Å². The molecule has 0 saturated heterocycles. The van der Waals surface area contributed by atoms with Crippen LogP contribution in [-0.2, 0) is 11.2 Å². The Balaban J connectivity index is 2.15. The number of phenols is 1. The number of benzene rings is 2. The van der Waals surface area contributed by atoms with Crippen molar-refractivity contribution < 1.29 is 9.90 Å². The fourth-order valence-corrected chi connectivity index (χ4v) is 2.06. The molecule has 0 spiro atoms. The first-order chi connectivity index (χ1) is 9.97. The van der Waals surface area contributed by atoms with Gasteiger partial charge in [0.05, 0.1) is 6.42 Å². The lowest BCUT2D eigenvalue weighted by Gasteiger charge is -2.11. The van der Waals surface area contributed by atoms with Gasteiger partial charge in [-0.25, -0.2) is 0 Å². The van der Waals surface area contributed by atoms with Gasteiger partial charge in [0.25, 0.3) is 0 Å². The highest BCUT2D eigenvalue weighted by atomic mass is 32.1. The van der Waals surface area contributed by atoms with Crippen molar-refractivity contribution in [3.8, 4) is 5.75 Å². The number of carbonyl (C=O) groups excluding carboxylic acids is 1. The standard InChI is InChI=1S/C16H16N2O2S/c1-10-6-7-12(16(17)21)8-13(10)18-15(20)9-11-4-2-3-5-14(11)19/h2-8,19H,9H2,1H3,(H2,17,21)(H,18,20). The number of carbonyl (C=O) groups is 1. The van der Waals surface area contributed by atoms with Gasteiger partial charge >= 0.3 is 0 Å². The van der Waals surface area contributed by atoms with Gasteiger partial charge in [-0.05, 0) is 24.6 Å². The molecule has 4 nitrogen and oxygen atoms in total. The third-order valence-electron chi connectivity index (χ3n) is 3.14. The molecule has 5 heteroatoms. The van der Waals surface area contributed by atoms with Crippen LogP contribution in [0.4, 0.5) is 5.69 Å². The van der Waals surface area contributed by atoms with E-state index < -0.39 is 0 Å². The number of anilines is 1. The van der Waals surface area contributed by atoms with Crippen LogP contribution >= 0.6 is 12.2 Å². The highest BCUT2D eigenvalue weighted by Gasteiger charge is 2.10. The smallest absolute Gasteiger partial charge is 0.228 e. The van der Waals surface area contributed by atoms with E-state index in [1.165, 1.54) is 0 Å². The van der Waals surface area contributed by atoms with E-state index in [-0.39, 0.29) is 23.1 Å². The first kappa shape index (κ1) is 15.0. The largest absolute Gasteiger partial charge is 0.508 e. The molecule has 0 unspecified atom stereocenters. The summed E-state index contributed by atoms with van der Waals surface area (Å²) in [6.45, 7) is 1.89. The maximum atomic E-state index is 12.1. The van der Waals surface area contributed by atoms with E-state index in [1.807, 2.05) is 19.1 Å². The van der Waals surface area contributed by atoms with Gasteiger partial charge in [0.2, 0.25) is 5.91 Å². The van der Waals surface area contributed by atoms with Crippen LogP contribution in [0.2, 0.25) is 0 Å². The molecule has 2 aromatic carbocycles. The van der Waals surface area contributed by atoms with Crippen molar-refractivity contribution in [1.82, 2.24) is 0 Å². The molecule has 1 amide bonds. The van der Waals surface area contributed by atoms with Crippen molar-refractivity contribution in [3.05, 3.63) is 59.2 Å². The van der Waals surface area contributed by atoms with E-state index in [0.29, 0.717) is 16.8 Å². The monoisotopic (exact) mass is 300 g/mol. The lowest BCUT2D eigenvalue weighted by molar-refractivity contribution is -0.115. The highest BCUT2D eigenvalue weighted by molar-refractivity contribution is 7.80. The van der Waals surface area contributed by atoms with Crippen molar-refractivity contribution in [3.63, 3.8) is 0 Å². The predicted octanol–water partition coefficient (Wildman–Crippen LogP) is 2.52. The maximum absolute atomic E-state index is 12.1. The summed E-state index contributed by atoms with van der Waals surface area (Å²) in [6.07, 6.45) is 0.101. The molecular weight excluding hydrogens is 284 g/mol. The first-order valence-corrected chi connectivity index (χ1v) is 6.85. The lowest BCUT2D eigenvalue weighted by atomic mass is 10.1. The van der Waals surface area contributed by atoms with Crippen molar-refractivity contribution in [2.75, 3.05) is 5.32 Å². The number of nitrogens with two attached hydrogens (primary N) is 1. The fourth-order valence-electron chi connectivity index (χ4n) is 1.94.